The Morgan fingerprint density at radius 2 is 1.95 bits per heavy atom. The van der Waals surface area contributed by atoms with Crippen LogP contribution in [0.2, 0.25) is 0 Å². The number of hydrogen-bond acceptors (Lipinski definition) is 8. The van der Waals surface area contributed by atoms with E-state index >= 15 is 0 Å². The summed E-state index contributed by atoms with van der Waals surface area (Å²) in [6.07, 6.45) is 2.97. The van der Waals surface area contributed by atoms with Gasteiger partial charge in [0.1, 0.15) is 0 Å². The van der Waals surface area contributed by atoms with Gasteiger partial charge in [0.2, 0.25) is 12.2 Å². The first kappa shape index (κ1) is 14.3. The molecule has 0 saturated heterocycles. The van der Waals surface area contributed by atoms with Crippen molar-refractivity contribution < 1.29 is 9.66 Å². The van der Waals surface area contributed by atoms with Crippen LogP contribution >= 0.6 is 11.8 Å². The van der Waals surface area contributed by atoms with Crippen LogP contribution in [0, 0.1) is 10.1 Å². The summed E-state index contributed by atoms with van der Waals surface area (Å²) >= 11 is 1.04. The summed E-state index contributed by atoms with van der Waals surface area (Å²) < 4.78 is 8.54. The number of fused-ring (bicyclic) bond motifs is 1. The van der Waals surface area contributed by atoms with Crippen molar-refractivity contribution >= 4 is 28.7 Å². The summed E-state index contributed by atoms with van der Waals surface area (Å²) in [5, 5.41) is 11.6. The van der Waals surface area contributed by atoms with Crippen molar-refractivity contribution in [2.45, 2.75) is 10.2 Å². The molecule has 0 fully saturated rings. The van der Waals surface area contributed by atoms with Crippen molar-refractivity contribution in [3.63, 3.8) is 0 Å². The molecular formula is C11H11N7O3S. The normalized spacial score (nSPS) is 11.0. The number of aromatic nitrogens is 6. The highest BCUT2D eigenvalue weighted by atomic mass is 32.2. The second kappa shape index (κ2) is 5.26. The number of methoxy groups -OCH3 is 1. The third kappa shape index (κ3) is 2.24. The highest BCUT2D eigenvalue weighted by molar-refractivity contribution is 7.99. The third-order valence-electron chi connectivity index (χ3n) is 2.94. The number of aryl methyl sites for hydroxylation is 2. The van der Waals surface area contributed by atoms with Gasteiger partial charge in [0.05, 0.1) is 13.4 Å². The fraction of sp³-hybridized carbons (Fsp3) is 0.273. The Kier molecular flexibility index (Phi) is 3.41. The maximum atomic E-state index is 11.0. The lowest BCUT2D eigenvalue weighted by Gasteiger charge is -2.05. The average molecular weight is 321 g/mol. The highest BCUT2D eigenvalue weighted by Crippen LogP contribution is 2.33. The molecule has 0 atom stereocenters. The minimum absolute atomic E-state index is 0.240. The molecule has 0 radical (unpaired) electrons. The van der Waals surface area contributed by atoms with Gasteiger partial charge in [-0.15, -0.1) is 0 Å². The van der Waals surface area contributed by atoms with Crippen LogP contribution in [0.4, 0.5) is 5.82 Å². The van der Waals surface area contributed by atoms with Crippen LogP contribution in [0.3, 0.4) is 0 Å². The Hall–Kier alpha value is -2.69. The van der Waals surface area contributed by atoms with Crippen molar-refractivity contribution in [2.24, 2.45) is 14.1 Å². The largest absolute Gasteiger partial charge is 0.479 e. The molecule has 3 aromatic rings. The number of hydrogen-bond donors (Lipinski definition) is 0. The van der Waals surface area contributed by atoms with Gasteiger partial charge in [-0.05, 0) is 21.7 Å². The summed E-state index contributed by atoms with van der Waals surface area (Å²) in [6, 6.07) is 0. The fourth-order valence-electron chi connectivity index (χ4n) is 1.93. The molecule has 0 aliphatic heterocycles. The van der Waals surface area contributed by atoms with Crippen molar-refractivity contribution in [2.75, 3.05) is 7.11 Å². The highest BCUT2D eigenvalue weighted by Gasteiger charge is 2.23. The van der Waals surface area contributed by atoms with Crippen LogP contribution < -0.4 is 4.74 Å². The SMILES string of the molecule is COc1nc(Sc2c([N+](=O)[O-])ncn2C)nc2ncn(C)c12. The smallest absolute Gasteiger partial charge is 0.396 e. The molecule has 3 aromatic heterocycles. The molecule has 0 spiro atoms. The molecule has 0 aromatic carbocycles. The van der Waals surface area contributed by atoms with Gasteiger partial charge in [0.25, 0.3) is 0 Å². The summed E-state index contributed by atoms with van der Waals surface area (Å²) in [7, 11) is 4.97. The summed E-state index contributed by atoms with van der Waals surface area (Å²) in [5.74, 6) is 0.119. The van der Waals surface area contributed by atoms with Gasteiger partial charge in [-0.3, -0.25) is 0 Å². The van der Waals surface area contributed by atoms with E-state index in [2.05, 4.69) is 19.9 Å². The predicted molar refractivity (Wildman–Crippen MR) is 76.8 cm³/mol. The monoisotopic (exact) mass is 321 g/mol. The summed E-state index contributed by atoms with van der Waals surface area (Å²) in [6.45, 7) is 0. The van der Waals surface area contributed by atoms with E-state index in [0.29, 0.717) is 27.2 Å². The van der Waals surface area contributed by atoms with Crippen molar-refractivity contribution in [3.05, 3.63) is 22.8 Å². The van der Waals surface area contributed by atoms with E-state index in [1.807, 2.05) is 0 Å². The molecule has 3 heterocycles. The molecule has 0 unspecified atom stereocenters. The Morgan fingerprint density at radius 1 is 1.23 bits per heavy atom. The Balaban J connectivity index is 2.08. The zero-order chi connectivity index (χ0) is 15.9. The molecule has 0 N–H and O–H groups in total. The standard InChI is InChI=1S/C11H11N7O3S/c1-16-4-12-7-6(16)9(21-3)15-11(14-7)22-10-8(18(19)20)13-5-17(10)2/h4-5H,1-3H3. The van der Waals surface area contributed by atoms with E-state index in [1.54, 1.807) is 29.6 Å². The van der Waals surface area contributed by atoms with E-state index < -0.39 is 4.92 Å². The molecule has 0 bridgehead atoms. The van der Waals surface area contributed by atoms with E-state index in [-0.39, 0.29) is 5.82 Å². The first-order chi connectivity index (χ1) is 10.5. The van der Waals surface area contributed by atoms with Gasteiger partial charge in [0.15, 0.2) is 21.3 Å². The van der Waals surface area contributed by atoms with E-state index in [4.69, 9.17) is 4.74 Å². The van der Waals surface area contributed by atoms with Crippen LogP contribution in [-0.2, 0) is 14.1 Å². The molecule has 11 heteroatoms. The van der Waals surface area contributed by atoms with E-state index in [1.165, 1.54) is 13.4 Å². The van der Waals surface area contributed by atoms with E-state index in [0.717, 1.165) is 11.8 Å². The maximum absolute atomic E-state index is 11.0. The maximum Gasteiger partial charge on any atom is 0.396 e. The van der Waals surface area contributed by atoms with Gasteiger partial charge in [-0.1, -0.05) is 0 Å². The first-order valence-electron chi connectivity index (χ1n) is 6.08. The first-order valence-corrected chi connectivity index (χ1v) is 6.89. The Labute approximate surface area is 128 Å². The number of ether oxygens (including phenoxy) is 1. The quantitative estimate of drug-likeness (QED) is 0.399. The molecule has 0 aliphatic rings. The fourth-order valence-corrected chi connectivity index (χ4v) is 2.77. The van der Waals surface area contributed by atoms with Crippen LogP contribution in [0.25, 0.3) is 11.2 Å². The Morgan fingerprint density at radius 3 is 2.64 bits per heavy atom. The minimum Gasteiger partial charge on any atom is -0.479 e. The molecule has 22 heavy (non-hydrogen) atoms. The molecule has 10 nitrogen and oxygen atoms in total. The molecular weight excluding hydrogens is 310 g/mol. The number of nitro groups is 1. The number of rotatable bonds is 4. The van der Waals surface area contributed by atoms with Crippen LogP contribution in [0.15, 0.2) is 22.8 Å². The van der Waals surface area contributed by atoms with Gasteiger partial charge >= 0.3 is 5.82 Å². The van der Waals surface area contributed by atoms with Crippen molar-refractivity contribution in [3.8, 4) is 5.88 Å². The lowest BCUT2D eigenvalue weighted by Crippen LogP contribution is -1.99. The number of nitrogens with zero attached hydrogens (tertiary/aromatic N) is 7. The second-order valence-electron chi connectivity index (χ2n) is 4.39. The van der Waals surface area contributed by atoms with E-state index in [9.17, 15) is 10.1 Å². The second-order valence-corrected chi connectivity index (χ2v) is 5.34. The lowest BCUT2D eigenvalue weighted by molar-refractivity contribution is -0.392. The van der Waals surface area contributed by atoms with Crippen LogP contribution in [0.5, 0.6) is 5.88 Å². The zero-order valence-corrected chi connectivity index (χ0v) is 12.7. The lowest BCUT2D eigenvalue weighted by atomic mass is 10.5. The van der Waals surface area contributed by atoms with Crippen LogP contribution in [0.1, 0.15) is 0 Å². The Bertz CT molecular complexity index is 872. The van der Waals surface area contributed by atoms with Gasteiger partial charge in [-0.2, -0.15) is 4.98 Å². The van der Waals surface area contributed by atoms with Crippen molar-refractivity contribution in [1.82, 2.24) is 29.1 Å². The molecule has 0 saturated carbocycles. The average Bonchev–Trinajstić information content (AvgIpc) is 3.03. The number of imidazole rings is 2. The predicted octanol–water partition coefficient (Wildman–Crippen LogP) is 1.16. The van der Waals surface area contributed by atoms with Crippen molar-refractivity contribution in [1.29, 1.82) is 0 Å². The summed E-state index contributed by atoms with van der Waals surface area (Å²) in [4.78, 5) is 26.9. The van der Waals surface area contributed by atoms with Crippen LogP contribution in [-0.4, -0.2) is 41.1 Å². The topological polar surface area (TPSA) is 114 Å². The summed E-state index contributed by atoms with van der Waals surface area (Å²) in [5.41, 5.74) is 1.12. The zero-order valence-electron chi connectivity index (χ0n) is 11.9. The van der Waals surface area contributed by atoms with Gasteiger partial charge in [0, 0.05) is 14.1 Å². The third-order valence-corrected chi connectivity index (χ3v) is 3.97. The molecule has 0 aliphatic carbocycles. The minimum atomic E-state index is -0.543. The van der Waals surface area contributed by atoms with Gasteiger partial charge < -0.3 is 24.0 Å². The molecule has 114 valence electrons. The van der Waals surface area contributed by atoms with Gasteiger partial charge in [-0.25, -0.2) is 9.97 Å². The molecule has 0 amide bonds. The molecule has 3 rings (SSSR count).